The van der Waals surface area contributed by atoms with Gasteiger partial charge in [0.25, 0.3) is 0 Å². The highest BCUT2D eigenvalue weighted by Crippen LogP contribution is 2.20. The topological polar surface area (TPSA) is 58.6 Å². The van der Waals surface area contributed by atoms with Crippen LogP contribution in [0.4, 0.5) is 0 Å². The zero-order valence-electron chi connectivity index (χ0n) is 11.6. The van der Waals surface area contributed by atoms with Crippen LogP contribution >= 0.6 is 0 Å². The summed E-state index contributed by atoms with van der Waals surface area (Å²) >= 11 is 0. The molecule has 1 N–H and O–H groups in total. The Bertz CT molecular complexity index is 294. The van der Waals surface area contributed by atoms with Crippen molar-refractivity contribution in [2.75, 3.05) is 26.8 Å². The monoisotopic (exact) mass is 256 g/mol. The van der Waals surface area contributed by atoms with Crippen LogP contribution < -0.4 is 5.32 Å². The van der Waals surface area contributed by atoms with Crippen LogP contribution in [0, 0.1) is 5.92 Å². The molecule has 5 heteroatoms. The summed E-state index contributed by atoms with van der Waals surface area (Å²) in [7, 11) is 1.62. The fourth-order valence-electron chi connectivity index (χ4n) is 2.20. The Hall–Kier alpha value is -1.10. The zero-order valence-corrected chi connectivity index (χ0v) is 11.6. The van der Waals surface area contributed by atoms with Crippen LogP contribution in [0.25, 0.3) is 0 Å². The summed E-state index contributed by atoms with van der Waals surface area (Å²) in [6.07, 6.45) is 2.36. The third-order valence-electron chi connectivity index (χ3n) is 3.30. The lowest BCUT2D eigenvalue weighted by molar-refractivity contribution is -0.130. The second-order valence-electron chi connectivity index (χ2n) is 4.90. The van der Waals surface area contributed by atoms with E-state index in [0.29, 0.717) is 26.1 Å². The van der Waals surface area contributed by atoms with Crippen LogP contribution in [0.3, 0.4) is 0 Å². The molecule has 1 rings (SSSR count). The molecular formula is C13H24N2O3. The lowest BCUT2D eigenvalue weighted by Crippen LogP contribution is -2.39. The SMILES string of the molecule is CCCCNC(=O)[C@H]1CC(=O)N([C@@H](C)COC)C1. The van der Waals surface area contributed by atoms with Crippen LogP contribution in [-0.4, -0.2) is 49.6 Å². The number of hydrogen-bond donors (Lipinski definition) is 1. The van der Waals surface area contributed by atoms with Gasteiger partial charge in [-0.2, -0.15) is 0 Å². The number of hydrogen-bond acceptors (Lipinski definition) is 3. The van der Waals surface area contributed by atoms with Gasteiger partial charge in [-0.05, 0) is 13.3 Å². The minimum absolute atomic E-state index is 0.00363. The van der Waals surface area contributed by atoms with Gasteiger partial charge in [0, 0.05) is 26.6 Å². The fraction of sp³-hybridized carbons (Fsp3) is 0.846. The third kappa shape index (κ3) is 3.98. The van der Waals surface area contributed by atoms with Gasteiger partial charge < -0.3 is 15.0 Å². The molecule has 0 unspecified atom stereocenters. The third-order valence-corrected chi connectivity index (χ3v) is 3.30. The molecule has 0 aromatic rings. The van der Waals surface area contributed by atoms with Crippen molar-refractivity contribution in [3.63, 3.8) is 0 Å². The average molecular weight is 256 g/mol. The molecule has 1 fully saturated rings. The molecule has 18 heavy (non-hydrogen) atoms. The van der Waals surface area contributed by atoms with E-state index in [4.69, 9.17) is 4.74 Å². The highest BCUT2D eigenvalue weighted by Gasteiger charge is 2.36. The molecule has 0 aromatic carbocycles. The molecule has 0 bridgehead atoms. The Kier molecular flexibility index (Phi) is 6.12. The summed E-state index contributed by atoms with van der Waals surface area (Å²) in [6.45, 7) is 5.75. The summed E-state index contributed by atoms with van der Waals surface area (Å²) < 4.78 is 5.05. The molecule has 0 saturated carbocycles. The van der Waals surface area contributed by atoms with Crippen LogP contribution in [0.5, 0.6) is 0 Å². The van der Waals surface area contributed by atoms with Crippen LogP contribution in [0.15, 0.2) is 0 Å². The van der Waals surface area contributed by atoms with E-state index in [1.54, 1.807) is 12.0 Å². The lowest BCUT2D eigenvalue weighted by atomic mass is 10.1. The quantitative estimate of drug-likeness (QED) is 0.685. The van der Waals surface area contributed by atoms with Crippen molar-refractivity contribution in [3.8, 4) is 0 Å². The molecule has 0 radical (unpaired) electrons. The molecule has 0 aromatic heterocycles. The van der Waals surface area contributed by atoms with E-state index in [-0.39, 0.29) is 23.8 Å². The number of nitrogens with zero attached hydrogens (tertiary/aromatic N) is 1. The highest BCUT2D eigenvalue weighted by atomic mass is 16.5. The van der Waals surface area contributed by atoms with Gasteiger partial charge in [0.1, 0.15) is 0 Å². The summed E-state index contributed by atoms with van der Waals surface area (Å²) in [6, 6.07) is 0.0379. The van der Waals surface area contributed by atoms with E-state index in [2.05, 4.69) is 12.2 Å². The molecule has 5 nitrogen and oxygen atoms in total. The largest absolute Gasteiger partial charge is 0.383 e. The first-order valence-electron chi connectivity index (χ1n) is 6.66. The van der Waals surface area contributed by atoms with Crippen LogP contribution in [0.2, 0.25) is 0 Å². The highest BCUT2D eigenvalue weighted by molar-refractivity contribution is 5.89. The maximum absolute atomic E-state index is 11.9. The number of rotatable bonds is 7. The van der Waals surface area contributed by atoms with Crippen molar-refractivity contribution in [1.82, 2.24) is 10.2 Å². The number of carbonyl (C=O) groups excluding carboxylic acids is 2. The van der Waals surface area contributed by atoms with Gasteiger partial charge in [-0.15, -0.1) is 0 Å². The van der Waals surface area contributed by atoms with Crippen molar-refractivity contribution >= 4 is 11.8 Å². The number of methoxy groups -OCH3 is 1. The van der Waals surface area contributed by atoms with Crippen LogP contribution in [0.1, 0.15) is 33.1 Å². The van der Waals surface area contributed by atoms with E-state index in [1.165, 1.54) is 0 Å². The van der Waals surface area contributed by atoms with Crippen molar-refractivity contribution in [3.05, 3.63) is 0 Å². The Morgan fingerprint density at radius 2 is 2.33 bits per heavy atom. The second-order valence-corrected chi connectivity index (χ2v) is 4.90. The Labute approximate surface area is 109 Å². The van der Waals surface area contributed by atoms with Gasteiger partial charge in [0.15, 0.2) is 0 Å². The zero-order chi connectivity index (χ0) is 13.5. The molecular weight excluding hydrogens is 232 g/mol. The lowest BCUT2D eigenvalue weighted by Gasteiger charge is -2.23. The summed E-state index contributed by atoms with van der Waals surface area (Å²) in [5.74, 6) is -0.146. The molecule has 1 heterocycles. The van der Waals surface area contributed by atoms with Gasteiger partial charge in [-0.3, -0.25) is 9.59 Å². The Balaban J connectivity index is 2.42. The molecule has 1 aliphatic rings. The smallest absolute Gasteiger partial charge is 0.225 e. The Morgan fingerprint density at radius 3 is 2.94 bits per heavy atom. The number of unbranched alkanes of at least 4 members (excludes halogenated alkanes) is 1. The molecule has 2 amide bonds. The van der Waals surface area contributed by atoms with Crippen molar-refractivity contribution in [2.24, 2.45) is 5.92 Å². The minimum atomic E-state index is -0.200. The first-order chi connectivity index (χ1) is 8.60. The molecule has 1 saturated heterocycles. The van der Waals surface area contributed by atoms with Crippen molar-refractivity contribution < 1.29 is 14.3 Å². The summed E-state index contributed by atoms with van der Waals surface area (Å²) in [5.41, 5.74) is 0. The first kappa shape index (κ1) is 15.0. The van der Waals surface area contributed by atoms with Gasteiger partial charge >= 0.3 is 0 Å². The minimum Gasteiger partial charge on any atom is -0.383 e. The predicted molar refractivity (Wildman–Crippen MR) is 69.1 cm³/mol. The summed E-state index contributed by atoms with van der Waals surface area (Å²) in [5, 5.41) is 2.89. The van der Waals surface area contributed by atoms with Gasteiger partial charge in [0.05, 0.1) is 18.6 Å². The predicted octanol–water partition coefficient (Wildman–Crippen LogP) is 0.786. The number of carbonyl (C=O) groups is 2. The Morgan fingerprint density at radius 1 is 1.61 bits per heavy atom. The first-order valence-corrected chi connectivity index (χ1v) is 6.66. The fourth-order valence-corrected chi connectivity index (χ4v) is 2.20. The second kappa shape index (κ2) is 7.36. The van der Waals surface area contributed by atoms with Gasteiger partial charge in [-0.25, -0.2) is 0 Å². The van der Waals surface area contributed by atoms with E-state index in [9.17, 15) is 9.59 Å². The maximum Gasteiger partial charge on any atom is 0.225 e. The van der Waals surface area contributed by atoms with E-state index >= 15 is 0 Å². The van der Waals surface area contributed by atoms with E-state index in [1.807, 2.05) is 6.92 Å². The molecule has 0 aliphatic carbocycles. The van der Waals surface area contributed by atoms with Crippen LogP contribution in [-0.2, 0) is 14.3 Å². The normalized spacial score (nSPS) is 21.2. The standard InChI is InChI=1S/C13H24N2O3/c1-4-5-6-14-13(17)11-7-12(16)15(8-11)10(2)9-18-3/h10-11H,4-9H2,1-3H3,(H,14,17)/t10-,11-/m0/s1. The number of likely N-dealkylation sites (tertiary alicyclic amines) is 1. The molecule has 2 atom stereocenters. The number of nitrogens with one attached hydrogen (secondary N) is 1. The van der Waals surface area contributed by atoms with E-state index in [0.717, 1.165) is 12.8 Å². The number of ether oxygens (including phenoxy) is 1. The molecule has 1 aliphatic heterocycles. The van der Waals surface area contributed by atoms with Crippen molar-refractivity contribution in [1.29, 1.82) is 0 Å². The van der Waals surface area contributed by atoms with E-state index < -0.39 is 0 Å². The maximum atomic E-state index is 11.9. The molecule has 0 spiro atoms. The summed E-state index contributed by atoms with van der Waals surface area (Å²) in [4.78, 5) is 25.4. The number of amides is 2. The van der Waals surface area contributed by atoms with Crippen molar-refractivity contribution in [2.45, 2.75) is 39.2 Å². The van der Waals surface area contributed by atoms with Gasteiger partial charge in [0.2, 0.25) is 11.8 Å². The average Bonchev–Trinajstić information content (AvgIpc) is 2.72. The molecule has 104 valence electrons. The van der Waals surface area contributed by atoms with Gasteiger partial charge in [-0.1, -0.05) is 13.3 Å².